The van der Waals surface area contributed by atoms with Gasteiger partial charge in [-0.3, -0.25) is 0 Å². The molecule has 1 aromatic rings. The van der Waals surface area contributed by atoms with E-state index in [0.717, 1.165) is 0 Å². The van der Waals surface area contributed by atoms with Gasteiger partial charge >= 0.3 is 11.9 Å². The predicted octanol–water partition coefficient (Wildman–Crippen LogP) is 0.778. The van der Waals surface area contributed by atoms with Gasteiger partial charge in [0.05, 0.1) is 30.4 Å². The van der Waals surface area contributed by atoms with Crippen LogP contribution in [0.25, 0.3) is 0 Å². The lowest BCUT2D eigenvalue weighted by Gasteiger charge is -2.18. The standard InChI is InChI=1S/C16H22O7/c1-11(2)23-14(9-18)10-22-16(20)13-5-3-12(4-6-13)15(19)21-8-7-17/h3-6,11,14,17-18H,7-10H2,1-2H3. The van der Waals surface area contributed by atoms with E-state index in [1.165, 1.54) is 24.3 Å². The quantitative estimate of drug-likeness (QED) is 0.646. The van der Waals surface area contributed by atoms with Gasteiger partial charge < -0.3 is 24.4 Å². The zero-order valence-corrected chi connectivity index (χ0v) is 13.2. The summed E-state index contributed by atoms with van der Waals surface area (Å²) in [6, 6.07) is 5.75. The minimum absolute atomic E-state index is 0.0617. The molecule has 7 nitrogen and oxygen atoms in total. The minimum atomic E-state index is -0.579. The first kappa shape index (κ1) is 19.1. The third kappa shape index (κ3) is 6.77. The van der Waals surface area contributed by atoms with E-state index >= 15 is 0 Å². The molecule has 1 rings (SSSR count). The average molecular weight is 326 g/mol. The third-order valence-corrected chi connectivity index (χ3v) is 2.75. The molecule has 0 aliphatic rings. The van der Waals surface area contributed by atoms with Gasteiger partial charge in [0.25, 0.3) is 0 Å². The predicted molar refractivity (Wildman–Crippen MR) is 81.2 cm³/mol. The van der Waals surface area contributed by atoms with Crippen molar-refractivity contribution in [2.45, 2.75) is 26.1 Å². The molecule has 0 fully saturated rings. The van der Waals surface area contributed by atoms with E-state index in [1.807, 2.05) is 13.8 Å². The molecule has 1 unspecified atom stereocenters. The monoisotopic (exact) mass is 326 g/mol. The van der Waals surface area contributed by atoms with Crippen molar-refractivity contribution < 1.29 is 34.0 Å². The van der Waals surface area contributed by atoms with Crippen molar-refractivity contribution in [3.8, 4) is 0 Å². The number of hydrogen-bond donors (Lipinski definition) is 2. The summed E-state index contributed by atoms with van der Waals surface area (Å²) in [5.41, 5.74) is 0.538. The number of carbonyl (C=O) groups is 2. The third-order valence-electron chi connectivity index (χ3n) is 2.75. The molecule has 0 saturated carbocycles. The molecule has 0 saturated heterocycles. The lowest BCUT2D eigenvalue weighted by Crippen LogP contribution is -2.28. The lowest BCUT2D eigenvalue weighted by molar-refractivity contribution is -0.0565. The van der Waals surface area contributed by atoms with Crippen LogP contribution in [0.5, 0.6) is 0 Å². The summed E-state index contributed by atoms with van der Waals surface area (Å²) < 4.78 is 15.2. The molecule has 1 atom stereocenters. The van der Waals surface area contributed by atoms with Gasteiger partial charge in [-0.1, -0.05) is 0 Å². The van der Waals surface area contributed by atoms with Gasteiger partial charge in [-0.15, -0.1) is 0 Å². The van der Waals surface area contributed by atoms with E-state index < -0.39 is 18.0 Å². The van der Waals surface area contributed by atoms with Crippen molar-refractivity contribution in [3.05, 3.63) is 35.4 Å². The largest absolute Gasteiger partial charge is 0.460 e. The van der Waals surface area contributed by atoms with Crippen LogP contribution >= 0.6 is 0 Å². The van der Waals surface area contributed by atoms with Gasteiger partial charge in [0.15, 0.2) is 0 Å². The Labute approximate surface area is 134 Å². The van der Waals surface area contributed by atoms with E-state index in [-0.39, 0.29) is 43.7 Å². The summed E-state index contributed by atoms with van der Waals surface area (Å²) in [4.78, 5) is 23.4. The Hall–Kier alpha value is -1.96. The second kappa shape index (κ2) is 9.94. The zero-order valence-electron chi connectivity index (χ0n) is 13.2. The molecule has 0 bridgehead atoms. The molecule has 0 amide bonds. The van der Waals surface area contributed by atoms with Crippen molar-refractivity contribution >= 4 is 11.9 Å². The van der Waals surface area contributed by atoms with E-state index in [0.29, 0.717) is 0 Å². The van der Waals surface area contributed by atoms with Crippen molar-refractivity contribution in [2.24, 2.45) is 0 Å². The van der Waals surface area contributed by atoms with Crippen LogP contribution < -0.4 is 0 Å². The Balaban J connectivity index is 2.55. The Morgan fingerprint density at radius 2 is 1.52 bits per heavy atom. The highest BCUT2D eigenvalue weighted by Gasteiger charge is 2.15. The maximum Gasteiger partial charge on any atom is 0.338 e. The van der Waals surface area contributed by atoms with Crippen LogP contribution in [0.2, 0.25) is 0 Å². The van der Waals surface area contributed by atoms with Gasteiger partial charge in [0.1, 0.15) is 19.3 Å². The highest BCUT2D eigenvalue weighted by molar-refractivity contribution is 5.93. The lowest BCUT2D eigenvalue weighted by atomic mass is 10.1. The van der Waals surface area contributed by atoms with Crippen molar-refractivity contribution in [1.29, 1.82) is 0 Å². The fourth-order valence-corrected chi connectivity index (χ4v) is 1.74. The van der Waals surface area contributed by atoms with Crippen LogP contribution in [0.1, 0.15) is 34.6 Å². The van der Waals surface area contributed by atoms with Crippen molar-refractivity contribution in [1.82, 2.24) is 0 Å². The highest BCUT2D eigenvalue weighted by atomic mass is 16.6. The maximum atomic E-state index is 11.9. The molecule has 1 aromatic carbocycles. The molecule has 0 aromatic heterocycles. The van der Waals surface area contributed by atoms with Gasteiger partial charge in [0.2, 0.25) is 0 Å². The molecular weight excluding hydrogens is 304 g/mol. The molecule has 128 valence electrons. The summed E-state index contributed by atoms with van der Waals surface area (Å²) in [6.07, 6.45) is -0.665. The SMILES string of the molecule is CC(C)OC(CO)COC(=O)c1ccc(C(=O)OCCO)cc1. The summed E-state index contributed by atoms with van der Waals surface area (Å²) in [6.45, 7) is 2.99. The van der Waals surface area contributed by atoms with Crippen LogP contribution in [0.15, 0.2) is 24.3 Å². The Kier molecular flexibility index (Phi) is 8.25. The molecule has 7 heteroatoms. The second-order valence-corrected chi connectivity index (χ2v) is 5.02. The first-order valence-corrected chi connectivity index (χ1v) is 7.29. The van der Waals surface area contributed by atoms with Gasteiger partial charge in [0, 0.05) is 0 Å². The molecule has 23 heavy (non-hydrogen) atoms. The number of carbonyl (C=O) groups excluding carboxylic acids is 2. The number of esters is 2. The number of aliphatic hydroxyl groups excluding tert-OH is 2. The summed E-state index contributed by atoms with van der Waals surface area (Å²) >= 11 is 0. The van der Waals surface area contributed by atoms with E-state index in [2.05, 4.69) is 0 Å². The molecule has 0 spiro atoms. The highest BCUT2D eigenvalue weighted by Crippen LogP contribution is 2.08. The van der Waals surface area contributed by atoms with Crippen molar-refractivity contribution in [2.75, 3.05) is 26.4 Å². The maximum absolute atomic E-state index is 11.9. The Morgan fingerprint density at radius 3 is 1.96 bits per heavy atom. The summed E-state index contributed by atoms with van der Waals surface area (Å²) in [7, 11) is 0. The van der Waals surface area contributed by atoms with Crippen LogP contribution in [0, 0.1) is 0 Å². The van der Waals surface area contributed by atoms with E-state index in [4.69, 9.17) is 24.4 Å². The smallest absolute Gasteiger partial charge is 0.338 e. The fourth-order valence-electron chi connectivity index (χ4n) is 1.74. The number of hydrogen-bond acceptors (Lipinski definition) is 7. The molecular formula is C16H22O7. The van der Waals surface area contributed by atoms with Crippen molar-refractivity contribution in [3.63, 3.8) is 0 Å². The molecule has 0 aliphatic heterocycles. The zero-order chi connectivity index (χ0) is 17.2. The number of ether oxygens (including phenoxy) is 3. The number of aliphatic hydroxyl groups is 2. The Bertz CT molecular complexity index is 496. The second-order valence-electron chi connectivity index (χ2n) is 5.02. The molecule has 0 heterocycles. The van der Waals surface area contributed by atoms with Crippen LogP contribution in [-0.4, -0.2) is 60.8 Å². The van der Waals surface area contributed by atoms with E-state index in [9.17, 15) is 9.59 Å². The summed E-state index contributed by atoms with van der Waals surface area (Å²) in [5, 5.41) is 17.7. The first-order chi connectivity index (χ1) is 11.0. The normalized spacial score (nSPS) is 12.0. The number of rotatable bonds is 9. The van der Waals surface area contributed by atoms with Crippen LogP contribution in [0.3, 0.4) is 0 Å². The average Bonchev–Trinajstić information content (AvgIpc) is 2.55. The summed E-state index contributed by atoms with van der Waals surface area (Å²) in [5.74, 6) is -1.16. The fraction of sp³-hybridized carbons (Fsp3) is 0.500. The van der Waals surface area contributed by atoms with E-state index in [1.54, 1.807) is 0 Å². The molecule has 2 N–H and O–H groups in total. The van der Waals surface area contributed by atoms with Crippen LogP contribution in [0.4, 0.5) is 0 Å². The Morgan fingerprint density at radius 1 is 1.00 bits per heavy atom. The molecule has 0 aliphatic carbocycles. The number of benzene rings is 1. The van der Waals surface area contributed by atoms with Gasteiger partial charge in [-0.25, -0.2) is 9.59 Å². The van der Waals surface area contributed by atoms with Crippen LogP contribution in [-0.2, 0) is 14.2 Å². The van der Waals surface area contributed by atoms with Gasteiger partial charge in [-0.2, -0.15) is 0 Å². The molecule has 0 radical (unpaired) electrons. The van der Waals surface area contributed by atoms with Gasteiger partial charge in [-0.05, 0) is 38.1 Å². The first-order valence-electron chi connectivity index (χ1n) is 7.29. The minimum Gasteiger partial charge on any atom is -0.460 e. The topological polar surface area (TPSA) is 102 Å².